The van der Waals surface area contributed by atoms with Gasteiger partial charge in [0.05, 0.1) is 0 Å². The highest BCUT2D eigenvalue weighted by atomic mass is 15.2. The van der Waals surface area contributed by atoms with Crippen LogP contribution in [0, 0.1) is 0 Å². The van der Waals surface area contributed by atoms with Crippen LogP contribution in [0.25, 0.3) is 11.0 Å². The molecule has 1 aliphatic rings. The number of fused-ring (bicyclic) bond motifs is 1. The molecule has 90 valence electrons. The summed E-state index contributed by atoms with van der Waals surface area (Å²) in [6.07, 6.45) is 4.00. The molecule has 4 heteroatoms. The van der Waals surface area contributed by atoms with E-state index in [0.717, 1.165) is 44.9 Å². The summed E-state index contributed by atoms with van der Waals surface area (Å²) in [6, 6.07) is 6.24. The van der Waals surface area contributed by atoms with Crippen molar-refractivity contribution in [2.45, 2.75) is 6.54 Å². The molecular weight excluding hydrogens is 212 g/mol. The Balaban J connectivity index is 1.68. The smallest absolute Gasteiger partial charge is 0.139 e. The van der Waals surface area contributed by atoms with Crippen LogP contribution in [0.15, 0.2) is 30.6 Å². The molecule has 0 aromatic carbocycles. The molecule has 3 heterocycles. The SMILES string of the molecule is c1cnc2c(c1)ccn2CCN1CCNCC1. The first-order valence-electron chi connectivity index (χ1n) is 6.26. The molecule has 0 atom stereocenters. The lowest BCUT2D eigenvalue weighted by atomic mass is 10.3. The van der Waals surface area contributed by atoms with Crippen LogP contribution in [0.3, 0.4) is 0 Å². The third-order valence-corrected chi connectivity index (χ3v) is 3.39. The van der Waals surface area contributed by atoms with Gasteiger partial charge < -0.3 is 9.88 Å². The van der Waals surface area contributed by atoms with Gasteiger partial charge in [0, 0.05) is 57.0 Å². The largest absolute Gasteiger partial charge is 0.331 e. The number of hydrogen-bond acceptors (Lipinski definition) is 3. The first kappa shape index (κ1) is 10.7. The first-order valence-corrected chi connectivity index (χ1v) is 6.26. The lowest BCUT2D eigenvalue weighted by Gasteiger charge is -2.27. The zero-order chi connectivity index (χ0) is 11.5. The first-order chi connectivity index (χ1) is 8.43. The summed E-state index contributed by atoms with van der Waals surface area (Å²) in [4.78, 5) is 6.94. The molecule has 1 saturated heterocycles. The minimum atomic E-state index is 1.03. The fourth-order valence-corrected chi connectivity index (χ4v) is 2.38. The van der Waals surface area contributed by atoms with E-state index in [1.54, 1.807) is 0 Å². The van der Waals surface area contributed by atoms with Crippen molar-refractivity contribution < 1.29 is 0 Å². The molecule has 2 aromatic rings. The Hall–Kier alpha value is -1.39. The summed E-state index contributed by atoms with van der Waals surface area (Å²) < 4.78 is 2.25. The van der Waals surface area contributed by atoms with Crippen LogP contribution in [0.1, 0.15) is 0 Å². The fraction of sp³-hybridized carbons (Fsp3) is 0.462. The summed E-state index contributed by atoms with van der Waals surface area (Å²) in [6.45, 7) is 6.69. The van der Waals surface area contributed by atoms with Gasteiger partial charge in [-0.3, -0.25) is 4.90 Å². The highest BCUT2D eigenvalue weighted by Crippen LogP contribution is 2.12. The van der Waals surface area contributed by atoms with E-state index in [1.165, 1.54) is 5.39 Å². The van der Waals surface area contributed by atoms with Gasteiger partial charge in [0.15, 0.2) is 0 Å². The van der Waals surface area contributed by atoms with Crippen LogP contribution < -0.4 is 5.32 Å². The standard InChI is InChI=1S/C13H18N4/c1-2-12-3-7-17(13(12)15-4-1)11-10-16-8-5-14-6-9-16/h1-4,7,14H,5-6,8-11H2. The minimum absolute atomic E-state index is 1.03. The topological polar surface area (TPSA) is 33.1 Å². The lowest BCUT2D eigenvalue weighted by Crippen LogP contribution is -2.44. The molecule has 4 nitrogen and oxygen atoms in total. The van der Waals surface area contributed by atoms with Crippen LogP contribution in [-0.2, 0) is 6.54 Å². The third kappa shape index (κ3) is 2.33. The number of aromatic nitrogens is 2. The molecule has 1 fully saturated rings. The van der Waals surface area contributed by atoms with Crippen molar-refractivity contribution in [2.24, 2.45) is 0 Å². The maximum atomic E-state index is 4.44. The second kappa shape index (κ2) is 4.85. The van der Waals surface area contributed by atoms with E-state index < -0.39 is 0 Å². The summed E-state index contributed by atoms with van der Waals surface area (Å²) >= 11 is 0. The van der Waals surface area contributed by atoms with Crippen LogP contribution in [0.5, 0.6) is 0 Å². The molecule has 0 amide bonds. The van der Waals surface area contributed by atoms with E-state index in [1.807, 2.05) is 12.3 Å². The number of pyridine rings is 1. The van der Waals surface area contributed by atoms with E-state index in [9.17, 15) is 0 Å². The molecule has 17 heavy (non-hydrogen) atoms. The second-order valence-electron chi connectivity index (χ2n) is 4.52. The normalized spacial score (nSPS) is 17.6. The molecule has 0 bridgehead atoms. The van der Waals surface area contributed by atoms with Crippen molar-refractivity contribution in [1.82, 2.24) is 19.8 Å². The van der Waals surface area contributed by atoms with Gasteiger partial charge in [0.1, 0.15) is 5.65 Å². The number of nitrogens with zero attached hydrogens (tertiary/aromatic N) is 3. The third-order valence-electron chi connectivity index (χ3n) is 3.39. The van der Waals surface area contributed by atoms with E-state index in [0.29, 0.717) is 0 Å². The number of nitrogens with one attached hydrogen (secondary N) is 1. The molecule has 0 aliphatic carbocycles. The zero-order valence-electron chi connectivity index (χ0n) is 9.97. The summed E-state index contributed by atoms with van der Waals surface area (Å²) in [5.74, 6) is 0. The predicted octanol–water partition coefficient (Wildman–Crippen LogP) is 0.941. The van der Waals surface area contributed by atoms with Crippen molar-refractivity contribution >= 4 is 11.0 Å². The molecule has 1 aliphatic heterocycles. The summed E-state index contributed by atoms with van der Waals surface area (Å²) in [7, 11) is 0. The lowest BCUT2D eigenvalue weighted by molar-refractivity contribution is 0.233. The van der Waals surface area contributed by atoms with E-state index in [-0.39, 0.29) is 0 Å². The maximum Gasteiger partial charge on any atom is 0.139 e. The average Bonchev–Trinajstić information content (AvgIpc) is 2.81. The summed E-state index contributed by atoms with van der Waals surface area (Å²) in [5.41, 5.74) is 1.10. The molecule has 0 radical (unpaired) electrons. The van der Waals surface area contributed by atoms with Gasteiger partial charge in [-0.25, -0.2) is 4.98 Å². The van der Waals surface area contributed by atoms with E-state index >= 15 is 0 Å². The number of rotatable bonds is 3. The highest BCUT2D eigenvalue weighted by Gasteiger charge is 2.09. The zero-order valence-corrected chi connectivity index (χ0v) is 9.97. The summed E-state index contributed by atoms with van der Waals surface area (Å²) in [5, 5.41) is 4.61. The predicted molar refractivity (Wildman–Crippen MR) is 69.0 cm³/mol. The average molecular weight is 230 g/mol. The van der Waals surface area contributed by atoms with Gasteiger partial charge in [0.25, 0.3) is 0 Å². The Morgan fingerprint density at radius 1 is 1.18 bits per heavy atom. The van der Waals surface area contributed by atoms with Gasteiger partial charge in [-0.1, -0.05) is 0 Å². The minimum Gasteiger partial charge on any atom is -0.331 e. The fourth-order valence-electron chi connectivity index (χ4n) is 2.38. The Morgan fingerprint density at radius 2 is 2.06 bits per heavy atom. The molecule has 2 aromatic heterocycles. The molecule has 0 spiro atoms. The van der Waals surface area contributed by atoms with Gasteiger partial charge in [-0.05, 0) is 18.2 Å². The van der Waals surface area contributed by atoms with Gasteiger partial charge in [-0.15, -0.1) is 0 Å². The van der Waals surface area contributed by atoms with Gasteiger partial charge in [-0.2, -0.15) is 0 Å². The number of piperazine rings is 1. The van der Waals surface area contributed by atoms with Crippen molar-refractivity contribution in [1.29, 1.82) is 0 Å². The monoisotopic (exact) mass is 230 g/mol. The molecular formula is C13H18N4. The van der Waals surface area contributed by atoms with Crippen LogP contribution in [0.4, 0.5) is 0 Å². The quantitative estimate of drug-likeness (QED) is 0.852. The van der Waals surface area contributed by atoms with Crippen LogP contribution in [-0.4, -0.2) is 47.2 Å². The van der Waals surface area contributed by atoms with Crippen LogP contribution in [0.2, 0.25) is 0 Å². The van der Waals surface area contributed by atoms with Crippen molar-refractivity contribution in [3.05, 3.63) is 30.6 Å². The molecule has 1 N–H and O–H groups in total. The van der Waals surface area contributed by atoms with Gasteiger partial charge in [0.2, 0.25) is 0 Å². The Labute approximate surface area is 101 Å². The van der Waals surface area contributed by atoms with Crippen molar-refractivity contribution in [3.8, 4) is 0 Å². The second-order valence-corrected chi connectivity index (χ2v) is 4.52. The van der Waals surface area contributed by atoms with Crippen molar-refractivity contribution in [3.63, 3.8) is 0 Å². The molecule has 3 rings (SSSR count). The Morgan fingerprint density at radius 3 is 2.94 bits per heavy atom. The Bertz CT molecular complexity index is 485. The van der Waals surface area contributed by atoms with E-state index in [2.05, 4.69) is 38.1 Å². The Kier molecular flexibility index (Phi) is 3.07. The van der Waals surface area contributed by atoms with Gasteiger partial charge >= 0.3 is 0 Å². The molecule has 0 unspecified atom stereocenters. The number of hydrogen-bond donors (Lipinski definition) is 1. The van der Waals surface area contributed by atoms with E-state index in [4.69, 9.17) is 0 Å². The molecule has 0 saturated carbocycles. The van der Waals surface area contributed by atoms with Crippen molar-refractivity contribution in [2.75, 3.05) is 32.7 Å². The maximum absolute atomic E-state index is 4.44. The van der Waals surface area contributed by atoms with Crippen LogP contribution >= 0.6 is 0 Å². The highest BCUT2D eigenvalue weighted by molar-refractivity contribution is 5.75.